The molecule has 0 unspecified atom stereocenters. The molecule has 0 saturated heterocycles. The number of hydrogen-bond acceptors (Lipinski definition) is 4. The number of fused-ring (bicyclic) bond motifs is 1. The minimum Gasteiger partial charge on any atom is -0.403 e. The summed E-state index contributed by atoms with van der Waals surface area (Å²) in [5.41, 5.74) is 1.03. The van der Waals surface area contributed by atoms with Crippen molar-refractivity contribution in [2.24, 2.45) is 0 Å². The number of rotatable bonds is 3. The Morgan fingerprint density at radius 1 is 0.923 bits per heavy atom. The van der Waals surface area contributed by atoms with Gasteiger partial charge in [0.1, 0.15) is 0 Å². The molecule has 26 heavy (non-hydrogen) atoms. The quantitative estimate of drug-likeness (QED) is 0.510. The molecule has 0 aliphatic heterocycles. The van der Waals surface area contributed by atoms with E-state index in [1.54, 1.807) is 30.3 Å². The van der Waals surface area contributed by atoms with Crippen LogP contribution in [0.15, 0.2) is 65.1 Å². The van der Waals surface area contributed by atoms with E-state index in [0.29, 0.717) is 21.2 Å². The zero-order chi connectivity index (χ0) is 18.1. The number of nitrogens with zero attached hydrogens (tertiary/aromatic N) is 2. The SMILES string of the molecule is O=C(Nc1nnc(-c2ccc(Cl)cc2Cl)o1)c1ccc2ccccc2c1. The van der Waals surface area contributed by atoms with Gasteiger partial charge in [-0.25, -0.2) is 0 Å². The number of nitrogens with one attached hydrogen (secondary N) is 1. The predicted molar refractivity (Wildman–Crippen MR) is 102 cm³/mol. The Morgan fingerprint density at radius 3 is 2.54 bits per heavy atom. The van der Waals surface area contributed by atoms with E-state index in [1.165, 1.54) is 0 Å². The maximum Gasteiger partial charge on any atom is 0.322 e. The molecule has 5 nitrogen and oxygen atoms in total. The van der Waals surface area contributed by atoms with Crippen molar-refractivity contribution in [3.63, 3.8) is 0 Å². The lowest BCUT2D eigenvalue weighted by Crippen LogP contribution is -2.12. The molecule has 128 valence electrons. The average Bonchev–Trinajstić information content (AvgIpc) is 3.09. The Kier molecular flexibility index (Phi) is 4.32. The zero-order valence-electron chi connectivity index (χ0n) is 13.2. The summed E-state index contributed by atoms with van der Waals surface area (Å²) in [7, 11) is 0. The fraction of sp³-hybridized carbons (Fsp3) is 0. The molecule has 0 radical (unpaired) electrons. The molecule has 0 bridgehead atoms. The smallest absolute Gasteiger partial charge is 0.322 e. The molecule has 4 rings (SSSR count). The van der Waals surface area contributed by atoms with Crippen LogP contribution in [-0.2, 0) is 0 Å². The predicted octanol–water partition coefficient (Wildman–Crippen LogP) is 5.45. The molecular formula is C19H11Cl2N3O2. The van der Waals surface area contributed by atoms with Gasteiger partial charge in [-0.05, 0) is 41.1 Å². The van der Waals surface area contributed by atoms with Crippen LogP contribution in [0, 0.1) is 0 Å². The number of amides is 1. The first kappa shape index (κ1) is 16.6. The van der Waals surface area contributed by atoms with Crippen molar-refractivity contribution in [1.82, 2.24) is 10.2 Å². The van der Waals surface area contributed by atoms with E-state index in [9.17, 15) is 4.79 Å². The van der Waals surface area contributed by atoms with Crippen LogP contribution in [0.25, 0.3) is 22.2 Å². The van der Waals surface area contributed by atoms with Crippen LogP contribution in [-0.4, -0.2) is 16.1 Å². The molecule has 4 aromatic rings. The van der Waals surface area contributed by atoms with Crippen molar-refractivity contribution < 1.29 is 9.21 Å². The molecule has 7 heteroatoms. The van der Waals surface area contributed by atoms with Gasteiger partial charge in [0.2, 0.25) is 0 Å². The van der Waals surface area contributed by atoms with E-state index in [4.69, 9.17) is 27.6 Å². The topological polar surface area (TPSA) is 68.0 Å². The standard InChI is InChI=1S/C19H11Cl2N3O2/c20-14-7-8-15(16(21)10-14)18-23-24-19(26-18)22-17(25)13-6-5-11-3-1-2-4-12(11)9-13/h1-10H,(H,22,24,25). The molecule has 0 spiro atoms. The Bertz CT molecular complexity index is 1120. The van der Waals surface area contributed by atoms with Crippen molar-refractivity contribution >= 4 is 45.9 Å². The Morgan fingerprint density at radius 2 is 1.73 bits per heavy atom. The van der Waals surface area contributed by atoms with Gasteiger partial charge in [0.15, 0.2) is 0 Å². The van der Waals surface area contributed by atoms with Crippen LogP contribution in [0.5, 0.6) is 0 Å². The summed E-state index contributed by atoms with van der Waals surface area (Å²) in [5, 5.41) is 13.3. The van der Waals surface area contributed by atoms with Gasteiger partial charge in [-0.1, -0.05) is 58.6 Å². The highest BCUT2D eigenvalue weighted by Crippen LogP contribution is 2.30. The van der Waals surface area contributed by atoms with Crippen molar-refractivity contribution in [2.75, 3.05) is 5.32 Å². The highest BCUT2D eigenvalue weighted by atomic mass is 35.5. The van der Waals surface area contributed by atoms with E-state index in [0.717, 1.165) is 10.8 Å². The molecule has 0 aliphatic carbocycles. The third kappa shape index (κ3) is 3.27. The van der Waals surface area contributed by atoms with E-state index >= 15 is 0 Å². The van der Waals surface area contributed by atoms with Crippen molar-refractivity contribution in [3.05, 3.63) is 76.3 Å². The molecule has 0 aliphatic rings. The molecule has 1 aromatic heterocycles. The Hall–Kier alpha value is -2.89. The number of hydrogen-bond donors (Lipinski definition) is 1. The lowest BCUT2D eigenvalue weighted by molar-refractivity contribution is 0.102. The van der Waals surface area contributed by atoms with Gasteiger partial charge in [0, 0.05) is 10.6 Å². The second-order valence-electron chi connectivity index (χ2n) is 5.55. The minimum atomic E-state index is -0.340. The fourth-order valence-electron chi connectivity index (χ4n) is 2.55. The number of benzene rings is 3. The van der Waals surface area contributed by atoms with E-state index in [-0.39, 0.29) is 17.8 Å². The van der Waals surface area contributed by atoms with Crippen molar-refractivity contribution in [1.29, 1.82) is 0 Å². The van der Waals surface area contributed by atoms with Gasteiger partial charge < -0.3 is 4.42 Å². The number of halogens is 2. The van der Waals surface area contributed by atoms with Crippen LogP contribution in [0.3, 0.4) is 0 Å². The monoisotopic (exact) mass is 383 g/mol. The number of carbonyl (C=O) groups is 1. The molecular weight excluding hydrogens is 373 g/mol. The second-order valence-corrected chi connectivity index (χ2v) is 6.40. The zero-order valence-corrected chi connectivity index (χ0v) is 14.8. The van der Waals surface area contributed by atoms with Gasteiger partial charge >= 0.3 is 6.01 Å². The van der Waals surface area contributed by atoms with Crippen LogP contribution in [0.2, 0.25) is 10.0 Å². The normalized spacial score (nSPS) is 10.8. The lowest BCUT2D eigenvalue weighted by atomic mass is 10.1. The summed E-state index contributed by atoms with van der Waals surface area (Å²) in [6.45, 7) is 0. The van der Waals surface area contributed by atoms with Gasteiger partial charge in [-0.2, -0.15) is 0 Å². The van der Waals surface area contributed by atoms with Gasteiger partial charge in [-0.15, -0.1) is 5.10 Å². The Labute approximate surface area is 158 Å². The minimum absolute atomic E-state index is 0.0100. The third-order valence-corrected chi connectivity index (χ3v) is 4.37. The van der Waals surface area contributed by atoms with Gasteiger partial charge in [-0.3, -0.25) is 10.1 Å². The van der Waals surface area contributed by atoms with Crippen molar-refractivity contribution in [3.8, 4) is 11.5 Å². The van der Waals surface area contributed by atoms with Crippen molar-refractivity contribution in [2.45, 2.75) is 0 Å². The van der Waals surface area contributed by atoms with Crippen LogP contribution in [0.1, 0.15) is 10.4 Å². The molecule has 1 amide bonds. The first-order chi connectivity index (χ1) is 12.6. The van der Waals surface area contributed by atoms with Gasteiger partial charge in [0.05, 0.1) is 10.6 Å². The molecule has 0 saturated carbocycles. The summed E-state index contributed by atoms with van der Waals surface area (Å²) in [6.07, 6.45) is 0. The summed E-state index contributed by atoms with van der Waals surface area (Å²) in [5.74, 6) is -0.145. The first-order valence-corrected chi connectivity index (χ1v) is 8.45. The lowest BCUT2D eigenvalue weighted by Gasteiger charge is -2.03. The maximum absolute atomic E-state index is 12.4. The second kappa shape index (κ2) is 6.78. The summed E-state index contributed by atoms with van der Waals surface area (Å²) in [6, 6.07) is 18.1. The van der Waals surface area contributed by atoms with Crippen LogP contribution >= 0.6 is 23.2 Å². The van der Waals surface area contributed by atoms with Crippen LogP contribution < -0.4 is 5.32 Å². The van der Waals surface area contributed by atoms with E-state index in [2.05, 4.69) is 15.5 Å². The summed E-state index contributed by atoms with van der Waals surface area (Å²) < 4.78 is 5.49. The van der Waals surface area contributed by atoms with Crippen LogP contribution in [0.4, 0.5) is 6.01 Å². The highest BCUT2D eigenvalue weighted by Gasteiger charge is 2.15. The maximum atomic E-state index is 12.4. The first-order valence-electron chi connectivity index (χ1n) is 7.69. The molecule has 1 heterocycles. The number of anilines is 1. The third-order valence-electron chi connectivity index (χ3n) is 3.82. The van der Waals surface area contributed by atoms with E-state index in [1.807, 2.05) is 30.3 Å². The highest BCUT2D eigenvalue weighted by molar-refractivity contribution is 6.36. The molecule has 1 N–H and O–H groups in total. The molecule has 3 aromatic carbocycles. The Balaban J connectivity index is 1.57. The van der Waals surface area contributed by atoms with Gasteiger partial charge in [0.25, 0.3) is 11.8 Å². The molecule has 0 fully saturated rings. The van der Waals surface area contributed by atoms with E-state index < -0.39 is 0 Å². The summed E-state index contributed by atoms with van der Waals surface area (Å²) >= 11 is 12.0. The fourth-order valence-corrected chi connectivity index (χ4v) is 3.03. The molecule has 0 atom stereocenters. The summed E-state index contributed by atoms with van der Waals surface area (Å²) in [4.78, 5) is 12.4. The number of aromatic nitrogens is 2. The average molecular weight is 384 g/mol. The largest absolute Gasteiger partial charge is 0.403 e. The number of carbonyl (C=O) groups excluding carboxylic acids is 1.